The van der Waals surface area contributed by atoms with Crippen LogP contribution in [0.1, 0.15) is 10.4 Å². The van der Waals surface area contributed by atoms with Crippen molar-refractivity contribution in [3.05, 3.63) is 51.5 Å². The van der Waals surface area contributed by atoms with Crippen molar-refractivity contribution in [2.24, 2.45) is 0 Å². The maximum atomic E-state index is 12.4. The quantitative estimate of drug-likeness (QED) is 0.808. The number of halogens is 2. The van der Waals surface area contributed by atoms with Gasteiger partial charge in [-0.1, -0.05) is 27.5 Å². The van der Waals surface area contributed by atoms with Crippen molar-refractivity contribution >= 4 is 44.8 Å². The number of hydrogen-bond acceptors (Lipinski definition) is 3. The highest BCUT2D eigenvalue weighted by atomic mass is 79.9. The van der Waals surface area contributed by atoms with Crippen LogP contribution in [0.25, 0.3) is 0 Å². The summed E-state index contributed by atoms with van der Waals surface area (Å²) in [6.45, 7) is 0. The van der Waals surface area contributed by atoms with Crippen LogP contribution in [0.15, 0.2) is 40.9 Å². The minimum Gasteiger partial charge on any atom is -0.507 e. The first-order valence-corrected chi connectivity index (χ1v) is 6.89. The fourth-order valence-corrected chi connectivity index (χ4v) is 2.30. The van der Waals surface area contributed by atoms with Gasteiger partial charge in [0.15, 0.2) is 0 Å². The molecule has 3 N–H and O–H groups in total. The summed E-state index contributed by atoms with van der Waals surface area (Å²) >= 11 is 9.14. The lowest BCUT2D eigenvalue weighted by Gasteiger charge is -2.20. The molecular formula is C14H12BrClN2O2. The molecule has 104 valence electrons. The molecule has 0 spiro atoms. The fraction of sp³-hybridized carbons (Fsp3) is 0.0714. The van der Waals surface area contributed by atoms with Gasteiger partial charge in [-0.3, -0.25) is 4.79 Å². The minimum absolute atomic E-state index is 0.100. The summed E-state index contributed by atoms with van der Waals surface area (Å²) in [5, 5.41) is 10.3. The second-order valence-electron chi connectivity index (χ2n) is 4.23. The van der Waals surface area contributed by atoms with E-state index < -0.39 is 0 Å². The van der Waals surface area contributed by atoms with Crippen LogP contribution in [0, 0.1) is 0 Å². The lowest BCUT2D eigenvalue weighted by atomic mass is 10.1. The number of phenolic OH excluding ortho intramolecular Hbond substituents is 1. The van der Waals surface area contributed by atoms with Gasteiger partial charge in [0.05, 0.1) is 16.9 Å². The Balaban J connectivity index is 2.40. The number of rotatable bonds is 2. The zero-order valence-electron chi connectivity index (χ0n) is 10.6. The summed E-state index contributed by atoms with van der Waals surface area (Å²) in [6, 6.07) is 9.56. The van der Waals surface area contributed by atoms with E-state index in [9.17, 15) is 9.90 Å². The molecule has 0 aliphatic carbocycles. The zero-order valence-corrected chi connectivity index (χ0v) is 12.9. The van der Waals surface area contributed by atoms with Gasteiger partial charge in [0.25, 0.3) is 5.91 Å². The molecule has 0 unspecified atom stereocenters. The smallest absolute Gasteiger partial charge is 0.261 e. The van der Waals surface area contributed by atoms with Crippen LogP contribution in [0.4, 0.5) is 11.4 Å². The number of benzene rings is 2. The molecule has 1 amide bonds. The first-order chi connectivity index (χ1) is 9.40. The van der Waals surface area contributed by atoms with E-state index >= 15 is 0 Å². The number of nitrogens with two attached hydrogens (primary N) is 1. The Kier molecular flexibility index (Phi) is 4.20. The number of amides is 1. The molecule has 0 bridgehead atoms. The van der Waals surface area contributed by atoms with E-state index in [1.165, 1.54) is 11.0 Å². The molecule has 0 radical (unpaired) electrons. The van der Waals surface area contributed by atoms with E-state index in [1.807, 2.05) is 0 Å². The first kappa shape index (κ1) is 14.7. The first-order valence-electron chi connectivity index (χ1n) is 5.71. The molecule has 0 saturated heterocycles. The monoisotopic (exact) mass is 354 g/mol. The Morgan fingerprint density at radius 1 is 1.30 bits per heavy atom. The molecule has 20 heavy (non-hydrogen) atoms. The van der Waals surface area contributed by atoms with Crippen LogP contribution in [0.3, 0.4) is 0 Å². The van der Waals surface area contributed by atoms with Crippen LogP contribution in [-0.4, -0.2) is 18.1 Å². The Labute approximate surface area is 129 Å². The summed E-state index contributed by atoms with van der Waals surface area (Å²) in [4.78, 5) is 13.7. The number of carbonyl (C=O) groups excluding carboxylic acids is 1. The van der Waals surface area contributed by atoms with Crippen molar-refractivity contribution in [3.8, 4) is 5.75 Å². The SMILES string of the molecule is CN(C(=O)c1ccc(Br)cc1O)c1cc(Cl)ccc1N. The number of carbonyl (C=O) groups is 1. The number of nitrogens with zero attached hydrogens (tertiary/aromatic N) is 1. The highest BCUT2D eigenvalue weighted by Gasteiger charge is 2.19. The van der Waals surface area contributed by atoms with E-state index in [-0.39, 0.29) is 17.2 Å². The van der Waals surface area contributed by atoms with E-state index in [0.717, 1.165) is 0 Å². The largest absolute Gasteiger partial charge is 0.507 e. The molecule has 2 rings (SSSR count). The molecule has 0 aromatic heterocycles. The molecule has 4 nitrogen and oxygen atoms in total. The van der Waals surface area contributed by atoms with Crippen LogP contribution in [0.5, 0.6) is 5.75 Å². The van der Waals surface area contributed by atoms with Crippen molar-refractivity contribution in [2.75, 3.05) is 17.7 Å². The summed E-state index contributed by atoms with van der Waals surface area (Å²) in [5.74, 6) is -0.471. The minimum atomic E-state index is -0.371. The number of phenols is 1. The maximum Gasteiger partial charge on any atom is 0.261 e. The average Bonchev–Trinajstić information content (AvgIpc) is 2.40. The van der Waals surface area contributed by atoms with Gasteiger partial charge in [0, 0.05) is 16.5 Å². The van der Waals surface area contributed by atoms with E-state index in [2.05, 4.69) is 15.9 Å². The number of nitrogen functional groups attached to an aromatic ring is 1. The Morgan fingerprint density at radius 2 is 2.00 bits per heavy atom. The van der Waals surface area contributed by atoms with E-state index in [4.69, 9.17) is 17.3 Å². The molecule has 0 aliphatic heterocycles. The fourth-order valence-electron chi connectivity index (χ4n) is 1.78. The molecular weight excluding hydrogens is 344 g/mol. The molecule has 0 saturated carbocycles. The van der Waals surface area contributed by atoms with Gasteiger partial charge in [-0.2, -0.15) is 0 Å². The normalized spacial score (nSPS) is 10.3. The second kappa shape index (κ2) is 5.73. The molecule has 2 aromatic rings. The van der Waals surface area contributed by atoms with Crippen LogP contribution >= 0.6 is 27.5 Å². The summed E-state index contributed by atoms with van der Waals surface area (Å²) < 4.78 is 0.691. The van der Waals surface area contributed by atoms with Crippen LogP contribution in [0.2, 0.25) is 5.02 Å². The summed E-state index contributed by atoms with van der Waals surface area (Å²) in [5.41, 5.74) is 6.96. The van der Waals surface area contributed by atoms with Crippen molar-refractivity contribution in [1.82, 2.24) is 0 Å². The lowest BCUT2D eigenvalue weighted by Crippen LogP contribution is -2.27. The Hall–Kier alpha value is -1.72. The number of hydrogen-bond donors (Lipinski definition) is 2. The molecule has 0 heterocycles. The average molecular weight is 356 g/mol. The lowest BCUT2D eigenvalue weighted by molar-refractivity contribution is 0.0990. The summed E-state index contributed by atoms with van der Waals surface area (Å²) in [6.07, 6.45) is 0. The van der Waals surface area contributed by atoms with Gasteiger partial charge < -0.3 is 15.7 Å². The van der Waals surface area contributed by atoms with Gasteiger partial charge in [-0.25, -0.2) is 0 Å². The highest BCUT2D eigenvalue weighted by molar-refractivity contribution is 9.10. The highest BCUT2D eigenvalue weighted by Crippen LogP contribution is 2.29. The Bertz CT molecular complexity index is 676. The van der Waals surface area contributed by atoms with Gasteiger partial charge in [0.2, 0.25) is 0 Å². The van der Waals surface area contributed by atoms with E-state index in [1.54, 1.807) is 37.4 Å². The third-order valence-electron chi connectivity index (χ3n) is 2.85. The molecule has 2 aromatic carbocycles. The van der Waals surface area contributed by atoms with Crippen molar-refractivity contribution in [3.63, 3.8) is 0 Å². The van der Waals surface area contributed by atoms with Gasteiger partial charge in [-0.15, -0.1) is 0 Å². The van der Waals surface area contributed by atoms with Crippen molar-refractivity contribution in [2.45, 2.75) is 0 Å². The van der Waals surface area contributed by atoms with Crippen molar-refractivity contribution in [1.29, 1.82) is 0 Å². The van der Waals surface area contributed by atoms with Crippen LogP contribution < -0.4 is 10.6 Å². The van der Waals surface area contributed by atoms with Crippen molar-refractivity contribution < 1.29 is 9.90 Å². The molecule has 6 heteroatoms. The molecule has 0 fully saturated rings. The maximum absolute atomic E-state index is 12.4. The predicted molar refractivity (Wildman–Crippen MR) is 84.4 cm³/mol. The second-order valence-corrected chi connectivity index (χ2v) is 5.58. The third kappa shape index (κ3) is 2.89. The van der Waals surface area contributed by atoms with Gasteiger partial charge >= 0.3 is 0 Å². The van der Waals surface area contributed by atoms with Crippen LogP contribution in [-0.2, 0) is 0 Å². The molecule has 0 atom stereocenters. The third-order valence-corrected chi connectivity index (χ3v) is 3.58. The molecule has 0 aliphatic rings. The van der Waals surface area contributed by atoms with Gasteiger partial charge in [-0.05, 0) is 36.4 Å². The summed E-state index contributed by atoms with van der Waals surface area (Å²) in [7, 11) is 1.58. The Morgan fingerprint density at radius 3 is 2.65 bits per heavy atom. The number of aromatic hydroxyl groups is 1. The zero-order chi connectivity index (χ0) is 14.9. The number of anilines is 2. The van der Waals surface area contributed by atoms with Gasteiger partial charge in [0.1, 0.15) is 5.75 Å². The predicted octanol–water partition coefficient (Wildman–Crippen LogP) is 3.67. The standard InChI is InChI=1S/C14H12BrClN2O2/c1-18(12-7-9(16)3-5-11(12)17)14(20)10-4-2-8(15)6-13(10)19/h2-7,19H,17H2,1H3. The topological polar surface area (TPSA) is 66.6 Å². The van der Waals surface area contributed by atoms with E-state index in [0.29, 0.717) is 20.9 Å².